The lowest BCUT2D eigenvalue weighted by Gasteiger charge is -2.03. The number of methoxy groups -OCH3 is 1. The van der Waals surface area contributed by atoms with E-state index in [2.05, 4.69) is 16.4 Å². The first kappa shape index (κ1) is 16.4. The molecule has 26 heavy (non-hydrogen) atoms. The number of carbonyl (C=O) groups excluding carboxylic acids is 1. The summed E-state index contributed by atoms with van der Waals surface area (Å²) in [5.41, 5.74) is 1.67. The molecule has 0 radical (unpaired) electrons. The lowest BCUT2D eigenvalue weighted by Crippen LogP contribution is -2.19. The van der Waals surface area contributed by atoms with Gasteiger partial charge in [-0.1, -0.05) is 48.5 Å². The van der Waals surface area contributed by atoms with Crippen molar-refractivity contribution in [1.82, 2.24) is 5.32 Å². The molecule has 1 amide bonds. The molecule has 0 aliphatic carbocycles. The number of carbonyl (C=O) groups is 1. The number of aliphatic imine (C=N–C) groups is 1. The minimum absolute atomic E-state index is 0.152. The third-order valence-electron chi connectivity index (χ3n) is 4.04. The Balaban J connectivity index is 1.62. The Kier molecular flexibility index (Phi) is 4.46. The van der Waals surface area contributed by atoms with Crippen LogP contribution >= 0.6 is 11.8 Å². The van der Waals surface area contributed by atoms with Crippen molar-refractivity contribution >= 4 is 45.4 Å². The summed E-state index contributed by atoms with van der Waals surface area (Å²) in [7, 11) is 1.62. The Hall–Kier alpha value is -3.05. The molecule has 4 rings (SSSR count). The monoisotopic (exact) mass is 360 g/mol. The van der Waals surface area contributed by atoms with Gasteiger partial charge in [-0.15, -0.1) is 0 Å². The highest BCUT2D eigenvalue weighted by molar-refractivity contribution is 8.18. The molecule has 1 N–H and O–H groups in total. The van der Waals surface area contributed by atoms with E-state index < -0.39 is 0 Å². The van der Waals surface area contributed by atoms with E-state index in [1.165, 1.54) is 11.8 Å². The van der Waals surface area contributed by atoms with Gasteiger partial charge in [0.1, 0.15) is 5.75 Å². The molecular weight excluding hydrogens is 344 g/mol. The molecule has 1 heterocycles. The van der Waals surface area contributed by atoms with Crippen LogP contribution in [0.5, 0.6) is 5.75 Å². The van der Waals surface area contributed by atoms with Gasteiger partial charge in [-0.25, -0.2) is 4.99 Å². The number of benzene rings is 3. The number of nitrogens with zero attached hydrogens (tertiary/aromatic N) is 1. The number of amidine groups is 1. The molecule has 1 aliphatic rings. The zero-order valence-electron chi connectivity index (χ0n) is 14.1. The number of nitrogens with one attached hydrogen (secondary N) is 1. The molecule has 0 spiro atoms. The van der Waals surface area contributed by atoms with Gasteiger partial charge in [0.05, 0.1) is 17.7 Å². The molecule has 1 fully saturated rings. The Bertz CT molecular complexity index is 1060. The van der Waals surface area contributed by atoms with Crippen molar-refractivity contribution in [3.8, 4) is 5.75 Å². The first-order valence-electron chi connectivity index (χ1n) is 8.14. The number of para-hydroxylation sites is 1. The maximum atomic E-state index is 12.3. The molecule has 0 unspecified atom stereocenters. The van der Waals surface area contributed by atoms with Gasteiger partial charge in [0.2, 0.25) is 0 Å². The van der Waals surface area contributed by atoms with Gasteiger partial charge < -0.3 is 10.1 Å². The van der Waals surface area contributed by atoms with Crippen LogP contribution in [-0.2, 0) is 4.79 Å². The maximum Gasteiger partial charge on any atom is 0.264 e. The number of fused-ring (bicyclic) bond motifs is 1. The van der Waals surface area contributed by atoms with Gasteiger partial charge in [0.15, 0.2) is 5.17 Å². The zero-order valence-corrected chi connectivity index (χ0v) is 14.9. The van der Waals surface area contributed by atoms with Gasteiger partial charge in [0, 0.05) is 5.56 Å². The van der Waals surface area contributed by atoms with Crippen molar-refractivity contribution in [3.05, 3.63) is 77.2 Å². The maximum absolute atomic E-state index is 12.3. The van der Waals surface area contributed by atoms with Gasteiger partial charge in [-0.2, -0.15) is 0 Å². The predicted molar refractivity (Wildman–Crippen MR) is 108 cm³/mol. The predicted octanol–water partition coefficient (Wildman–Crippen LogP) is 4.74. The van der Waals surface area contributed by atoms with Crippen LogP contribution in [0, 0.1) is 0 Å². The van der Waals surface area contributed by atoms with Crippen LogP contribution < -0.4 is 10.1 Å². The molecular formula is C21H16N2O2S. The van der Waals surface area contributed by atoms with Gasteiger partial charge >= 0.3 is 0 Å². The summed E-state index contributed by atoms with van der Waals surface area (Å²) in [5.74, 6) is 0.578. The number of hydrogen-bond acceptors (Lipinski definition) is 4. The van der Waals surface area contributed by atoms with Crippen molar-refractivity contribution in [3.63, 3.8) is 0 Å². The van der Waals surface area contributed by atoms with Crippen molar-refractivity contribution in [2.45, 2.75) is 0 Å². The topological polar surface area (TPSA) is 50.7 Å². The Labute approximate surface area is 155 Å². The minimum atomic E-state index is -0.152. The van der Waals surface area contributed by atoms with Crippen LogP contribution in [0.15, 0.2) is 76.6 Å². The van der Waals surface area contributed by atoms with Gasteiger partial charge in [-0.05, 0) is 46.8 Å². The summed E-state index contributed by atoms with van der Waals surface area (Å²) in [6.07, 6.45) is 1.82. The van der Waals surface area contributed by atoms with Gasteiger partial charge in [-0.3, -0.25) is 4.79 Å². The number of hydrogen-bond donors (Lipinski definition) is 1. The number of amides is 1. The van der Waals surface area contributed by atoms with Gasteiger partial charge in [0.25, 0.3) is 5.91 Å². The SMILES string of the molecule is COc1ccccc1C=C1SC(=Nc2ccc3ccccc3c2)NC1=O. The van der Waals surface area contributed by atoms with Crippen molar-refractivity contribution in [1.29, 1.82) is 0 Å². The molecule has 0 aromatic heterocycles. The first-order valence-corrected chi connectivity index (χ1v) is 8.96. The Morgan fingerprint density at radius 3 is 2.62 bits per heavy atom. The zero-order chi connectivity index (χ0) is 17.9. The summed E-state index contributed by atoms with van der Waals surface area (Å²) in [6, 6.07) is 21.7. The summed E-state index contributed by atoms with van der Waals surface area (Å²) in [4.78, 5) is 17.4. The second-order valence-corrected chi connectivity index (χ2v) is 6.79. The normalized spacial score (nSPS) is 17.0. The minimum Gasteiger partial charge on any atom is -0.496 e. The molecule has 1 aliphatic heterocycles. The molecule has 3 aromatic carbocycles. The summed E-state index contributed by atoms with van der Waals surface area (Å²) in [6.45, 7) is 0. The average Bonchev–Trinajstić information content (AvgIpc) is 3.01. The van der Waals surface area contributed by atoms with E-state index in [-0.39, 0.29) is 5.91 Å². The van der Waals surface area contributed by atoms with Crippen LogP contribution in [0.25, 0.3) is 16.8 Å². The summed E-state index contributed by atoms with van der Waals surface area (Å²) in [5, 5.41) is 5.68. The highest BCUT2D eigenvalue weighted by Crippen LogP contribution is 2.31. The van der Waals surface area contributed by atoms with Crippen molar-refractivity contribution in [2.24, 2.45) is 4.99 Å². The second kappa shape index (κ2) is 7.06. The van der Waals surface area contributed by atoms with Crippen LogP contribution in [0.2, 0.25) is 0 Å². The van der Waals surface area contributed by atoms with Crippen molar-refractivity contribution in [2.75, 3.05) is 7.11 Å². The van der Waals surface area contributed by atoms with E-state index in [9.17, 15) is 4.79 Å². The fourth-order valence-corrected chi connectivity index (χ4v) is 3.60. The van der Waals surface area contributed by atoms with E-state index in [4.69, 9.17) is 4.74 Å². The molecule has 5 heteroatoms. The largest absolute Gasteiger partial charge is 0.496 e. The third-order valence-corrected chi connectivity index (χ3v) is 4.95. The van der Waals surface area contributed by atoms with E-state index in [0.717, 1.165) is 27.8 Å². The third kappa shape index (κ3) is 3.34. The number of rotatable bonds is 3. The van der Waals surface area contributed by atoms with E-state index in [1.54, 1.807) is 7.11 Å². The molecule has 0 saturated carbocycles. The smallest absolute Gasteiger partial charge is 0.264 e. The lowest BCUT2D eigenvalue weighted by atomic mass is 10.1. The highest BCUT2D eigenvalue weighted by atomic mass is 32.2. The summed E-state index contributed by atoms with van der Waals surface area (Å²) < 4.78 is 5.34. The van der Waals surface area contributed by atoms with Crippen LogP contribution in [0.3, 0.4) is 0 Å². The van der Waals surface area contributed by atoms with Crippen LogP contribution in [0.1, 0.15) is 5.56 Å². The van der Waals surface area contributed by atoms with E-state index >= 15 is 0 Å². The quantitative estimate of drug-likeness (QED) is 0.687. The fraction of sp³-hybridized carbons (Fsp3) is 0.0476. The molecule has 0 bridgehead atoms. The van der Waals surface area contributed by atoms with E-state index in [1.807, 2.05) is 66.7 Å². The summed E-state index contributed by atoms with van der Waals surface area (Å²) >= 11 is 1.33. The fourth-order valence-electron chi connectivity index (χ4n) is 2.77. The van der Waals surface area contributed by atoms with Crippen LogP contribution in [0.4, 0.5) is 5.69 Å². The molecule has 3 aromatic rings. The standard InChI is InChI=1S/C21H16N2O2S/c1-25-18-9-5-4-8-16(18)13-19-20(24)23-21(26-19)22-17-11-10-14-6-2-3-7-15(14)12-17/h2-13H,1H3,(H,22,23,24). The Morgan fingerprint density at radius 1 is 1.00 bits per heavy atom. The second-order valence-electron chi connectivity index (χ2n) is 5.76. The first-order chi connectivity index (χ1) is 12.7. The van der Waals surface area contributed by atoms with Crippen LogP contribution in [-0.4, -0.2) is 18.2 Å². The number of thioether (sulfide) groups is 1. The molecule has 128 valence electrons. The molecule has 4 nitrogen and oxygen atoms in total. The van der Waals surface area contributed by atoms with E-state index in [0.29, 0.717) is 10.1 Å². The number of ether oxygens (including phenoxy) is 1. The highest BCUT2D eigenvalue weighted by Gasteiger charge is 2.24. The lowest BCUT2D eigenvalue weighted by molar-refractivity contribution is -0.115. The average molecular weight is 360 g/mol. The molecule has 0 atom stereocenters. The molecule has 1 saturated heterocycles. The van der Waals surface area contributed by atoms with Crippen molar-refractivity contribution < 1.29 is 9.53 Å². The Morgan fingerprint density at radius 2 is 1.77 bits per heavy atom.